The summed E-state index contributed by atoms with van der Waals surface area (Å²) in [4.78, 5) is 8.79. The Labute approximate surface area is 182 Å². The van der Waals surface area contributed by atoms with E-state index in [-0.39, 0.29) is 5.28 Å². The molecule has 148 valence electrons. The molecule has 1 heterocycles. The molecule has 0 aliphatic heterocycles. The highest BCUT2D eigenvalue weighted by Crippen LogP contribution is 2.30. The first-order valence-electron chi connectivity index (χ1n) is 10.0. The molecule has 1 unspecified atom stereocenters. The predicted octanol–water partition coefficient (Wildman–Crippen LogP) is 7.35. The van der Waals surface area contributed by atoms with E-state index in [9.17, 15) is 0 Å². The molecule has 0 saturated heterocycles. The third-order valence-electron chi connectivity index (χ3n) is 5.32. The Balaban J connectivity index is 1.65. The van der Waals surface area contributed by atoms with Gasteiger partial charge in [0.05, 0.1) is 11.2 Å². The molecule has 1 aromatic carbocycles. The van der Waals surface area contributed by atoms with Crippen LogP contribution in [0.1, 0.15) is 19.0 Å². The molecule has 1 aromatic heterocycles. The summed E-state index contributed by atoms with van der Waals surface area (Å²) in [5, 5.41) is 1.22. The van der Waals surface area contributed by atoms with E-state index in [1.54, 1.807) is 0 Å². The highest BCUT2D eigenvalue weighted by molar-refractivity contribution is 6.28. The van der Waals surface area contributed by atoms with Crippen molar-refractivity contribution in [1.82, 2.24) is 9.97 Å². The Bertz CT molecular complexity index is 1200. The molecule has 1 atom stereocenters. The first-order chi connectivity index (χ1) is 14.7. The highest BCUT2D eigenvalue weighted by Gasteiger charge is 2.14. The molecule has 0 saturated carbocycles. The quantitative estimate of drug-likeness (QED) is 0.380. The van der Waals surface area contributed by atoms with E-state index < -0.39 is 0 Å². The van der Waals surface area contributed by atoms with Crippen LogP contribution in [0.2, 0.25) is 5.28 Å². The summed E-state index contributed by atoms with van der Waals surface area (Å²) >= 11 is 6.16. The van der Waals surface area contributed by atoms with Gasteiger partial charge in [-0.15, -0.1) is 0 Å². The number of para-hydroxylation sites is 1. The van der Waals surface area contributed by atoms with Crippen LogP contribution in [0.5, 0.6) is 0 Å². The Morgan fingerprint density at radius 2 is 1.80 bits per heavy atom. The van der Waals surface area contributed by atoms with Gasteiger partial charge in [-0.05, 0) is 53.3 Å². The minimum Gasteiger partial charge on any atom is -0.218 e. The fraction of sp³-hybridized carbons (Fsp3) is 0.111. The predicted molar refractivity (Wildman–Crippen MR) is 128 cm³/mol. The lowest BCUT2D eigenvalue weighted by Crippen LogP contribution is -2.01. The van der Waals surface area contributed by atoms with Gasteiger partial charge in [0.25, 0.3) is 0 Å². The fourth-order valence-electron chi connectivity index (χ4n) is 3.80. The first-order valence-corrected chi connectivity index (χ1v) is 10.4. The number of rotatable bonds is 5. The molecule has 3 heteroatoms. The molecule has 30 heavy (non-hydrogen) atoms. The molecule has 0 amide bonds. The van der Waals surface area contributed by atoms with Crippen molar-refractivity contribution >= 4 is 28.1 Å². The van der Waals surface area contributed by atoms with Gasteiger partial charge in [0.1, 0.15) is 0 Å². The van der Waals surface area contributed by atoms with E-state index in [1.807, 2.05) is 30.3 Å². The minimum atomic E-state index is 0.245. The maximum atomic E-state index is 6.16. The molecule has 0 bridgehead atoms. The minimum absolute atomic E-state index is 0.245. The number of hydrogen-bond donors (Lipinski definition) is 0. The Morgan fingerprint density at radius 3 is 2.60 bits per heavy atom. The van der Waals surface area contributed by atoms with Crippen LogP contribution >= 0.6 is 11.6 Å². The fourth-order valence-corrected chi connectivity index (χ4v) is 3.98. The molecule has 2 aromatic rings. The largest absolute Gasteiger partial charge is 0.223 e. The Kier molecular flexibility index (Phi) is 6.06. The van der Waals surface area contributed by atoms with Crippen molar-refractivity contribution in [2.24, 2.45) is 5.92 Å². The number of benzene rings is 1. The van der Waals surface area contributed by atoms with Gasteiger partial charge in [0.2, 0.25) is 5.28 Å². The van der Waals surface area contributed by atoms with Crippen molar-refractivity contribution < 1.29 is 0 Å². The van der Waals surface area contributed by atoms with E-state index in [4.69, 9.17) is 11.6 Å². The molecule has 4 rings (SSSR count). The van der Waals surface area contributed by atoms with Gasteiger partial charge in [0.15, 0.2) is 0 Å². The van der Waals surface area contributed by atoms with Crippen LogP contribution < -0.4 is 0 Å². The second kappa shape index (κ2) is 9.06. The summed E-state index contributed by atoms with van der Waals surface area (Å²) in [5.41, 5.74) is 6.45. The van der Waals surface area contributed by atoms with Crippen LogP contribution in [0, 0.1) is 5.92 Å². The van der Waals surface area contributed by atoms with E-state index in [0.717, 1.165) is 28.6 Å². The van der Waals surface area contributed by atoms with Crippen molar-refractivity contribution in [3.8, 4) is 0 Å². The highest BCUT2D eigenvalue weighted by atomic mass is 35.5. The van der Waals surface area contributed by atoms with Crippen molar-refractivity contribution in [3.63, 3.8) is 0 Å². The number of halogens is 1. The molecule has 0 fully saturated rings. The molecule has 0 spiro atoms. The molecule has 2 aliphatic rings. The number of hydrogen-bond acceptors (Lipinski definition) is 2. The maximum absolute atomic E-state index is 6.16. The molecule has 0 radical (unpaired) electrons. The van der Waals surface area contributed by atoms with Crippen molar-refractivity contribution in [2.75, 3.05) is 0 Å². The number of allylic oxidation sites excluding steroid dienone is 15. The average molecular weight is 411 g/mol. The molecular weight excluding hydrogens is 388 g/mol. The van der Waals surface area contributed by atoms with Gasteiger partial charge >= 0.3 is 0 Å². The lowest BCUT2D eigenvalue weighted by atomic mass is 9.88. The van der Waals surface area contributed by atoms with Crippen LogP contribution in [0.15, 0.2) is 114 Å². The monoisotopic (exact) mass is 410 g/mol. The zero-order valence-corrected chi connectivity index (χ0v) is 17.7. The second-order valence-corrected chi connectivity index (χ2v) is 7.57. The summed E-state index contributed by atoms with van der Waals surface area (Å²) in [6.07, 6.45) is 24.3. The maximum Gasteiger partial charge on any atom is 0.223 e. The third-order valence-corrected chi connectivity index (χ3v) is 5.49. The normalized spacial score (nSPS) is 18.7. The van der Waals surface area contributed by atoms with Crippen molar-refractivity contribution in [2.45, 2.75) is 13.3 Å². The first kappa shape index (κ1) is 20.1. The summed E-state index contributed by atoms with van der Waals surface area (Å²) in [6, 6.07) is 7.89. The lowest BCUT2D eigenvalue weighted by molar-refractivity contribution is 0.982. The molecule has 2 aliphatic carbocycles. The SMILES string of the molecule is C=C/C(=C\CC=C(C)C1=C2C=CC=CC2C=CC=C1)c1nc(Cl)nc2ccccc12. The Hall–Kier alpha value is -3.23. The van der Waals surface area contributed by atoms with E-state index in [1.165, 1.54) is 16.7 Å². The van der Waals surface area contributed by atoms with Gasteiger partial charge in [-0.3, -0.25) is 0 Å². The van der Waals surface area contributed by atoms with E-state index in [0.29, 0.717) is 5.92 Å². The number of nitrogens with zero attached hydrogens (tertiary/aromatic N) is 2. The van der Waals surface area contributed by atoms with Crippen LogP contribution in [0.3, 0.4) is 0 Å². The summed E-state index contributed by atoms with van der Waals surface area (Å²) in [7, 11) is 0. The van der Waals surface area contributed by atoms with Gasteiger partial charge in [0, 0.05) is 11.3 Å². The van der Waals surface area contributed by atoms with Gasteiger partial charge in [-0.1, -0.05) is 91.6 Å². The number of fused-ring (bicyclic) bond motifs is 2. The van der Waals surface area contributed by atoms with E-state index in [2.05, 4.69) is 84.2 Å². The lowest BCUT2D eigenvalue weighted by Gasteiger charge is -2.16. The van der Waals surface area contributed by atoms with Crippen molar-refractivity contribution in [1.29, 1.82) is 0 Å². The summed E-state index contributed by atoms with van der Waals surface area (Å²) in [6.45, 7) is 6.16. The standard InChI is InChI=1S/C27H23ClN2/c1-3-20(26-24-17-8-9-18-25(24)29-27(28)30-26)14-10-11-19(2)22-15-6-4-12-21-13-5-7-16-23(21)22/h3-9,11-18,21H,1,10H2,2H3/b19-11?,20-14+. The zero-order valence-electron chi connectivity index (χ0n) is 16.9. The zero-order chi connectivity index (χ0) is 20.9. The summed E-state index contributed by atoms with van der Waals surface area (Å²) in [5.74, 6) is 0.331. The second-order valence-electron chi connectivity index (χ2n) is 7.23. The van der Waals surface area contributed by atoms with Crippen LogP contribution in [-0.2, 0) is 0 Å². The number of aromatic nitrogens is 2. The summed E-state index contributed by atoms with van der Waals surface area (Å²) < 4.78 is 0. The van der Waals surface area contributed by atoms with E-state index >= 15 is 0 Å². The van der Waals surface area contributed by atoms with Crippen molar-refractivity contribution in [3.05, 3.63) is 125 Å². The smallest absolute Gasteiger partial charge is 0.218 e. The topological polar surface area (TPSA) is 25.8 Å². The third kappa shape index (κ3) is 4.19. The van der Waals surface area contributed by atoms with Crippen LogP contribution in [-0.4, -0.2) is 9.97 Å². The molecule has 2 nitrogen and oxygen atoms in total. The van der Waals surface area contributed by atoms with Gasteiger partial charge in [-0.25, -0.2) is 9.97 Å². The Morgan fingerprint density at radius 1 is 1.03 bits per heavy atom. The van der Waals surface area contributed by atoms with Crippen LogP contribution in [0.4, 0.5) is 0 Å². The van der Waals surface area contributed by atoms with Gasteiger partial charge in [-0.2, -0.15) is 0 Å². The molecule has 0 N–H and O–H groups in total. The van der Waals surface area contributed by atoms with Gasteiger partial charge < -0.3 is 0 Å². The molecular formula is C27H23ClN2. The van der Waals surface area contributed by atoms with Crippen LogP contribution in [0.25, 0.3) is 16.5 Å². The average Bonchev–Trinajstić information content (AvgIpc) is 2.99.